The van der Waals surface area contributed by atoms with Crippen LogP contribution in [-0.4, -0.2) is 89.6 Å². The Balaban J connectivity index is 2.23. The highest BCUT2D eigenvalue weighted by molar-refractivity contribution is 5.69. The van der Waals surface area contributed by atoms with Crippen LogP contribution < -0.4 is 0 Å². The molecular formula is C25H48O9. The Bertz CT molecular complexity index is 503. The molecule has 4 N–H and O–H groups in total. The van der Waals surface area contributed by atoms with E-state index in [1.165, 1.54) is 57.8 Å². The zero-order valence-corrected chi connectivity index (χ0v) is 21.1. The number of esters is 1. The molecule has 1 aliphatic heterocycles. The Kier molecular flexibility index (Phi) is 17.8. The summed E-state index contributed by atoms with van der Waals surface area (Å²) in [6, 6.07) is 0. The zero-order valence-electron chi connectivity index (χ0n) is 21.1. The van der Waals surface area contributed by atoms with Gasteiger partial charge in [0.15, 0.2) is 6.29 Å². The number of aliphatic hydroxyl groups is 4. The van der Waals surface area contributed by atoms with Gasteiger partial charge in [0.1, 0.15) is 30.5 Å². The van der Waals surface area contributed by atoms with Gasteiger partial charge in [-0.1, -0.05) is 78.1 Å². The summed E-state index contributed by atoms with van der Waals surface area (Å²) >= 11 is 0. The van der Waals surface area contributed by atoms with Gasteiger partial charge in [0.25, 0.3) is 0 Å². The van der Waals surface area contributed by atoms with Gasteiger partial charge in [0.2, 0.25) is 0 Å². The standard InChI is InChI=1S/C25H48O9/c1-3-5-6-7-8-9-10-11-12-13-14-15-31-17-19(33-21(27)4-2)18-32-25-24(30)23(29)22(28)20(16-26)34-25/h19-20,22-26,28-30H,3-18H2,1-2H3. The molecule has 1 aliphatic rings. The number of carbonyl (C=O) groups excluding carboxylic acids is 1. The van der Waals surface area contributed by atoms with Crippen molar-refractivity contribution in [2.45, 2.75) is 128 Å². The number of hydrogen-bond acceptors (Lipinski definition) is 9. The fraction of sp³-hybridized carbons (Fsp3) is 0.960. The second kappa shape index (κ2) is 19.4. The summed E-state index contributed by atoms with van der Waals surface area (Å²) in [6.07, 6.45) is 6.44. The third kappa shape index (κ3) is 12.8. The first-order valence-electron chi connectivity index (χ1n) is 13.1. The smallest absolute Gasteiger partial charge is 0.305 e. The predicted octanol–water partition coefficient (Wildman–Crippen LogP) is 2.45. The van der Waals surface area contributed by atoms with Crippen molar-refractivity contribution in [2.75, 3.05) is 26.4 Å². The fourth-order valence-corrected chi connectivity index (χ4v) is 3.88. The highest BCUT2D eigenvalue weighted by Gasteiger charge is 2.44. The monoisotopic (exact) mass is 492 g/mol. The van der Waals surface area contributed by atoms with E-state index in [4.69, 9.17) is 18.9 Å². The van der Waals surface area contributed by atoms with Crippen molar-refractivity contribution in [3.63, 3.8) is 0 Å². The first-order valence-corrected chi connectivity index (χ1v) is 13.1. The van der Waals surface area contributed by atoms with Crippen molar-refractivity contribution in [3.8, 4) is 0 Å². The van der Waals surface area contributed by atoms with E-state index >= 15 is 0 Å². The van der Waals surface area contributed by atoms with E-state index < -0.39 is 49.4 Å². The van der Waals surface area contributed by atoms with Gasteiger partial charge in [0.05, 0.1) is 19.8 Å². The highest BCUT2D eigenvalue weighted by Crippen LogP contribution is 2.22. The predicted molar refractivity (Wildman–Crippen MR) is 127 cm³/mol. The maximum absolute atomic E-state index is 11.7. The van der Waals surface area contributed by atoms with Crippen LogP contribution in [0.25, 0.3) is 0 Å². The average Bonchev–Trinajstić information content (AvgIpc) is 2.84. The normalized spacial score (nSPS) is 25.9. The van der Waals surface area contributed by atoms with E-state index in [9.17, 15) is 25.2 Å². The summed E-state index contributed by atoms with van der Waals surface area (Å²) in [6.45, 7) is 3.95. The maximum Gasteiger partial charge on any atom is 0.305 e. The molecule has 1 saturated heterocycles. The number of aliphatic hydroxyl groups excluding tert-OH is 4. The molecule has 6 unspecified atom stereocenters. The van der Waals surface area contributed by atoms with Crippen LogP contribution in [0.1, 0.15) is 90.9 Å². The van der Waals surface area contributed by atoms with Gasteiger partial charge < -0.3 is 39.4 Å². The second-order valence-corrected chi connectivity index (χ2v) is 9.11. The molecule has 9 heteroatoms. The minimum atomic E-state index is -1.52. The van der Waals surface area contributed by atoms with E-state index in [1.54, 1.807) is 6.92 Å². The minimum Gasteiger partial charge on any atom is -0.457 e. The molecule has 9 nitrogen and oxygen atoms in total. The molecular weight excluding hydrogens is 444 g/mol. The van der Waals surface area contributed by atoms with Crippen LogP contribution in [0, 0.1) is 0 Å². The number of unbranched alkanes of at least 4 members (excludes halogenated alkanes) is 10. The van der Waals surface area contributed by atoms with Gasteiger partial charge >= 0.3 is 5.97 Å². The Morgan fingerprint density at radius 2 is 1.41 bits per heavy atom. The van der Waals surface area contributed by atoms with Crippen LogP contribution in [0.3, 0.4) is 0 Å². The van der Waals surface area contributed by atoms with Gasteiger partial charge in [-0.2, -0.15) is 0 Å². The van der Waals surface area contributed by atoms with Gasteiger partial charge in [0, 0.05) is 13.0 Å². The lowest BCUT2D eigenvalue weighted by molar-refractivity contribution is -0.305. The first kappa shape index (κ1) is 31.2. The topological polar surface area (TPSA) is 135 Å². The van der Waals surface area contributed by atoms with Crippen LogP contribution in [0.4, 0.5) is 0 Å². The Hall–Kier alpha value is -0.810. The van der Waals surface area contributed by atoms with E-state index in [0.29, 0.717) is 6.61 Å². The molecule has 0 amide bonds. The quantitative estimate of drug-likeness (QED) is 0.149. The molecule has 6 atom stereocenters. The van der Waals surface area contributed by atoms with Gasteiger partial charge in [-0.25, -0.2) is 0 Å². The molecule has 1 fully saturated rings. The molecule has 0 saturated carbocycles. The minimum absolute atomic E-state index is 0.118. The Morgan fingerprint density at radius 3 is 1.97 bits per heavy atom. The Labute approximate surface area is 204 Å². The maximum atomic E-state index is 11.7. The van der Waals surface area contributed by atoms with Crippen molar-refractivity contribution in [1.82, 2.24) is 0 Å². The first-order chi connectivity index (χ1) is 16.4. The summed E-state index contributed by atoms with van der Waals surface area (Å²) in [5, 5.41) is 39.1. The summed E-state index contributed by atoms with van der Waals surface area (Å²) < 4.78 is 21.9. The van der Waals surface area contributed by atoms with Crippen LogP contribution in [-0.2, 0) is 23.7 Å². The molecule has 0 aromatic heterocycles. The van der Waals surface area contributed by atoms with Crippen LogP contribution >= 0.6 is 0 Å². The van der Waals surface area contributed by atoms with Gasteiger partial charge in [-0.15, -0.1) is 0 Å². The van der Waals surface area contributed by atoms with Gasteiger partial charge in [-0.3, -0.25) is 4.79 Å². The average molecular weight is 493 g/mol. The Morgan fingerprint density at radius 1 is 0.824 bits per heavy atom. The molecule has 0 aromatic carbocycles. The third-order valence-electron chi connectivity index (χ3n) is 6.08. The van der Waals surface area contributed by atoms with E-state index in [2.05, 4.69) is 6.92 Å². The molecule has 1 rings (SSSR count). The zero-order chi connectivity index (χ0) is 25.2. The third-order valence-corrected chi connectivity index (χ3v) is 6.08. The molecule has 1 heterocycles. The number of rotatable bonds is 20. The lowest BCUT2D eigenvalue weighted by Crippen LogP contribution is -2.59. The van der Waals surface area contributed by atoms with E-state index in [-0.39, 0.29) is 19.6 Å². The van der Waals surface area contributed by atoms with E-state index in [0.717, 1.165) is 12.8 Å². The van der Waals surface area contributed by atoms with Crippen molar-refractivity contribution >= 4 is 5.97 Å². The van der Waals surface area contributed by atoms with Crippen LogP contribution in [0.15, 0.2) is 0 Å². The summed E-state index contributed by atoms with van der Waals surface area (Å²) in [4.78, 5) is 11.7. The molecule has 0 spiro atoms. The number of hydrogen-bond donors (Lipinski definition) is 4. The molecule has 202 valence electrons. The van der Waals surface area contributed by atoms with Crippen molar-refractivity contribution in [1.29, 1.82) is 0 Å². The lowest BCUT2D eigenvalue weighted by atomic mass is 9.99. The van der Waals surface area contributed by atoms with Crippen molar-refractivity contribution in [2.24, 2.45) is 0 Å². The fourth-order valence-electron chi connectivity index (χ4n) is 3.88. The lowest BCUT2D eigenvalue weighted by Gasteiger charge is -2.39. The van der Waals surface area contributed by atoms with Crippen LogP contribution in [0.5, 0.6) is 0 Å². The SMILES string of the molecule is CCCCCCCCCCCCCOCC(COC1OC(CO)C(O)C(O)C1O)OC(=O)CC. The van der Waals surface area contributed by atoms with Crippen molar-refractivity contribution in [3.05, 3.63) is 0 Å². The largest absolute Gasteiger partial charge is 0.457 e. The molecule has 0 radical (unpaired) electrons. The summed E-state index contributed by atoms with van der Waals surface area (Å²) in [5.74, 6) is -0.402. The molecule has 0 aliphatic carbocycles. The van der Waals surface area contributed by atoms with Crippen LogP contribution in [0.2, 0.25) is 0 Å². The molecule has 0 aromatic rings. The molecule has 0 bridgehead atoms. The number of ether oxygens (including phenoxy) is 4. The summed E-state index contributed by atoms with van der Waals surface area (Å²) in [5.41, 5.74) is 0. The van der Waals surface area contributed by atoms with Gasteiger partial charge in [-0.05, 0) is 6.42 Å². The van der Waals surface area contributed by atoms with Crippen molar-refractivity contribution < 1.29 is 44.2 Å². The van der Waals surface area contributed by atoms with E-state index in [1.807, 2.05) is 0 Å². The molecule has 34 heavy (non-hydrogen) atoms. The highest BCUT2D eigenvalue weighted by atomic mass is 16.7. The second-order valence-electron chi connectivity index (χ2n) is 9.11. The number of carbonyl (C=O) groups is 1. The summed E-state index contributed by atoms with van der Waals surface area (Å²) in [7, 11) is 0.